The lowest BCUT2D eigenvalue weighted by molar-refractivity contribution is 0.149. The number of rotatable bonds is 2. The summed E-state index contributed by atoms with van der Waals surface area (Å²) in [5, 5.41) is 12.3. The number of benzene rings is 1. The van der Waals surface area contributed by atoms with Gasteiger partial charge in [-0.3, -0.25) is 5.32 Å². The molecule has 0 spiro atoms. The van der Waals surface area contributed by atoms with Crippen LogP contribution in [0.2, 0.25) is 5.02 Å². The van der Waals surface area contributed by atoms with E-state index in [1.165, 1.54) is 12.1 Å². The van der Waals surface area contributed by atoms with Gasteiger partial charge in [-0.05, 0) is 31.7 Å². The molecule has 13 heavy (non-hydrogen) atoms. The quantitative estimate of drug-likeness (QED) is 0.721. The summed E-state index contributed by atoms with van der Waals surface area (Å²) in [6, 6.07) is 2.73. The highest BCUT2D eigenvalue weighted by Gasteiger charge is 2.11. The summed E-state index contributed by atoms with van der Waals surface area (Å²) < 4.78 is 13.1. The first-order chi connectivity index (χ1) is 6.06. The number of halogens is 2. The normalized spacial score (nSPS) is 13.0. The van der Waals surface area contributed by atoms with Crippen molar-refractivity contribution in [2.45, 2.75) is 13.2 Å². The smallest absolute Gasteiger partial charge is 0.132 e. The number of aliphatic hydroxyl groups excluding tert-OH is 1. The molecule has 1 aromatic rings. The van der Waals surface area contributed by atoms with Gasteiger partial charge in [0, 0.05) is 10.6 Å². The molecule has 0 saturated carbocycles. The Bertz CT molecular complexity index is 317. The van der Waals surface area contributed by atoms with Crippen LogP contribution in [-0.4, -0.2) is 12.2 Å². The van der Waals surface area contributed by atoms with Crippen LogP contribution < -0.4 is 5.32 Å². The van der Waals surface area contributed by atoms with Crippen molar-refractivity contribution < 1.29 is 9.50 Å². The summed E-state index contributed by atoms with van der Waals surface area (Å²) in [6.07, 6.45) is -0.928. The zero-order valence-electron chi connectivity index (χ0n) is 7.44. The Morgan fingerprint density at radius 1 is 1.54 bits per heavy atom. The summed E-state index contributed by atoms with van der Waals surface area (Å²) in [4.78, 5) is 0. The Morgan fingerprint density at radius 2 is 2.15 bits per heavy atom. The van der Waals surface area contributed by atoms with Gasteiger partial charge in [-0.1, -0.05) is 11.6 Å². The van der Waals surface area contributed by atoms with Gasteiger partial charge in [0.25, 0.3) is 0 Å². The van der Waals surface area contributed by atoms with Crippen LogP contribution in [0.5, 0.6) is 0 Å². The molecule has 0 radical (unpaired) electrons. The second kappa shape index (κ2) is 4.05. The van der Waals surface area contributed by atoms with Crippen LogP contribution in [0.15, 0.2) is 12.1 Å². The van der Waals surface area contributed by atoms with Crippen molar-refractivity contribution in [3.05, 3.63) is 34.1 Å². The van der Waals surface area contributed by atoms with E-state index in [0.29, 0.717) is 16.1 Å². The summed E-state index contributed by atoms with van der Waals surface area (Å²) in [7, 11) is 1.57. The van der Waals surface area contributed by atoms with Crippen LogP contribution in [0, 0.1) is 12.7 Å². The van der Waals surface area contributed by atoms with Gasteiger partial charge in [0.05, 0.1) is 0 Å². The van der Waals surface area contributed by atoms with Crippen LogP contribution in [0.1, 0.15) is 17.4 Å². The maximum absolute atomic E-state index is 13.1. The first-order valence-corrected chi connectivity index (χ1v) is 4.25. The van der Waals surface area contributed by atoms with Crippen LogP contribution in [0.25, 0.3) is 0 Å². The Labute approximate surface area is 81.3 Å². The van der Waals surface area contributed by atoms with Gasteiger partial charge >= 0.3 is 0 Å². The Morgan fingerprint density at radius 3 is 2.69 bits per heavy atom. The zero-order chi connectivity index (χ0) is 10.0. The molecule has 1 aromatic carbocycles. The molecule has 0 aromatic heterocycles. The largest absolute Gasteiger partial charge is 0.374 e. The van der Waals surface area contributed by atoms with Gasteiger partial charge in [0.15, 0.2) is 0 Å². The van der Waals surface area contributed by atoms with Crippen LogP contribution >= 0.6 is 11.6 Å². The van der Waals surface area contributed by atoms with E-state index >= 15 is 0 Å². The number of aryl methyl sites for hydroxylation is 1. The summed E-state index contributed by atoms with van der Waals surface area (Å²) in [5.41, 5.74) is 0.823. The highest BCUT2D eigenvalue weighted by atomic mass is 35.5. The Hall–Kier alpha value is -0.640. The van der Waals surface area contributed by atoms with E-state index in [0.717, 1.165) is 0 Å². The first kappa shape index (κ1) is 10.4. The summed E-state index contributed by atoms with van der Waals surface area (Å²) in [5.74, 6) is -0.367. The predicted octanol–water partition coefficient (Wildman–Crippen LogP) is 2.00. The average molecular weight is 204 g/mol. The summed E-state index contributed by atoms with van der Waals surface area (Å²) in [6.45, 7) is 1.62. The van der Waals surface area contributed by atoms with E-state index in [2.05, 4.69) is 5.32 Å². The number of hydrogen-bond acceptors (Lipinski definition) is 2. The molecule has 0 saturated heterocycles. The van der Waals surface area contributed by atoms with Crippen molar-refractivity contribution in [3.63, 3.8) is 0 Å². The van der Waals surface area contributed by atoms with Gasteiger partial charge in [-0.25, -0.2) is 4.39 Å². The van der Waals surface area contributed by atoms with Crippen LogP contribution in [0.4, 0.5) is 4.39 Å². The van der Waals surface area contributed by atoms with E-state index in [-0.39, 0.29) is 5.82 Å². The minimum absolute atomic E-state index is 0.354. The second-order valence-corrected chi connectivity index (χ2v) is 3.22. The third-order valence-corrected chi connectivity index (χ3v) is 2.17. The SMILES string of the molecule is CNC(O)c1cc(F)c(C)cc1Cl. The molecule has 0 aliphatic rings. The van der Waals surface area contributed by atoms with Crippen molar-refractivity contribution in [1.29, 1.82) is 0 Å². The van der Waals surface area contributed by atoms with Gasteiger partial charge in [0.1, 0.15) is 12.0 Å². The molecule has 1 unspecified atom stereocenters. The predicted molar refractivity (Wildman–Crippen MR) is 50.2 cm³/mol. The lowest BCUT2D eigenvalue weighted by Crippen LogP contribution is -2.16. The fourth-order valence-corrected chi connectivity index (χ4v) is 1.35. The maximum atomic E-state index is 13.1. The van der Waals surface area contributed by atoms with E-state index < -0.39 is 6.23 Å². The third kappa shape index (κ3) is 2.18. The topological polar surface area (TPSA) is 32.3 Å². The first-order valence-electron chi connectivity index (χ1n) is 3.87. The Balaban J connectivity index is 3.15. The molecular formula is C9H11ClFNO. The van der Waals surface area contributed by atoms with Crippen molar-refractivity contribution in [1.82, 2.24) is 5.32 Å². The lowest BCUT2D eigenvalue weighted by atomic mass is 10.1. The highest BCUT2D eigenvalue weighted by molar-refractivity contribution is 6.31. The fourth-order valence-electron chi connectivity index (χ4n) is 1.03. The standard InChI is InChI=1S/C9H11ClFNO/c1-5-3-7(10)6(4-8(5)11)9(13)12-2/h3-4,9,12-13H,1-2H3. The molecule has 0 aliphatic heterocycles. The monoisotopic (exact) mass is 203 g/mol. The molecule has 1 rings (SSSR count). The molecular weight excluding hydrogens is 193 g/mol. The molecule has 0 bridgehead atoms. The van der Waals surface area contributed by atoms with Crippen molar-refractivity contribution in [3.8, 4) is 0 Å². The molecule has 2 N–H and O–H groups in total. The highest BCUT2D eigenvalue weighted by Crippen LogP contribution is 2.24. The van der Waals surface area contributed by atoms with Crippen molar-refractivity contribution >= 4 is 11.6 Å². The van der Waals surface area contributed by atoms with E-state index in [9.17, 15) is 9.50 Å². The lowest BCUT2D eigenvalue weighted by Gasteiger charge is -2.12. The van der Waals surface area contributed by atoms with Gasteiger partial charge in [-0.2, -0.15) is 0 Å². The molecule has 0 amide bonds. The Kier molecular flexibility index (Phi) is 3.25. The molecule has 2 nitrogen and oxygen atoms in total. The number of nitrogens with one attached hydrogen (secondary N) is 1. The molecule has 1 atom stereocenters. The fraction of sp³-hybridized carbons (Fsp3) is 0.333. The van der Waals surface area contributed by atoms with E-state index in [1.54, 1.807) is 14.0 Å². The third-order valence-electron chi connectivity index (χ3n) is 1.85. The average Bonchev–Trinajstić information content (AvgIpc) is 2.10. The van der Waals surface area contributed by atoms with Crippen molar-refractivity contribution in [2.75, 3.05) is 7.05 Å². The van der Waals surface area contributed by atoms with Gasteiger partial charge in [0.2, 0.25) is 0 Å². The van der Waals surface area contributed by atoms with E-state index in [4.69, 9.17) is 11.6 Å². The summed E-state index contributed by atoms with van der Waals surface area (Å²) >= 11 is 5.81. The molecule has 72 valence electrons. The number of aliphatic hydroxyl groups is 1. The minimum Gasteiger partial charge on any atom is -0.374 e. The molecule has 0 aliphatic carbocycles. The van der Waals surface area contributed by atoms with Gasteiger partial charge in [-0.15, -0.1) is 0 Å². The maximum Gasteiger partial charge on any atom is 0.132 e. The molecule has 0 fully saturated rings. The minimum atomic E-state index is -0.928. The van der Waals surface area contributed by atoms with Crippen LogP contribution in [-0.2, 0) is 0 Å². The number of hydrogen-bond donors (Lipinski definition) is 2. The second-order valence-electron chi connectivity index (χ2n) is 2.81. The zero-order valence-corrected chi connectivity index (χ0v) is 8.19. The van der Waals surface area contributed by atoms with Crippen molar-refractivity contribution in [2.24, 2.45) is 0 Å². The molecule has 4 heteroatoms. The van der Waals surface area contributed by atoms with Gasteiger partial charge < -0.3 is 5.11 Å². The molecule has 0 heterocycles. The van der Waals surface area contributed by atoms with E-state index in [1.807, 2.05) is 0 Å². The van der Waals surface area contributed by atoms with Crippen LogP contribution in [0.3, 0.4) is 0 Å².